The maximum Gasteiger partial charge on any atom is 0.146 e. The first-order chi connectivity index (χ1) is 2.41. The first-order valence-electron chi connectivity index (χ1n) is 1.46. The van der Waals surface area contributed by atoms with Crippen LogP contribution in [0.15, 0.2) is 0 Å². The Morgan fingerprint density at radius 3 is 2.40 bits per heavy atom. The second-order valence-electron chi connectivity index (χ2n) is 0.682. The number of halogens is 1. The van der Waals surface area contributed by atoms with Crippen LogP contribution in [0.2, 0.25) is 0 Å². The fourth-order valence-corrected chi connectivity index (χ4v) is 0.694. The highest BCUT2D eigenvalue weighted by atomic mass is 35.5. The van der Waals surface area contributed by atoms with Gasteiger partial charge in [-0.1, -0.05) is 0 Å². The van der Waals surface area contributed by atoms with Gasteiger partial charge in [-0.25, -0.2) is 0 Å². The third-order valence-corrected chi connectivity index (χ3v) is 0.844. The van der Waals surface area contributed by atoms with Gasteiger partial charge in [0.2, 0.25) is 0 Å². The van der Waals surface area contributed by atoms with Gasteiger partial charge in [-0.05, 0) is 0 Å². The number of rotatable bonds is 2. The van der Waals surface area contributed by atoms with Crippen LogP contribution in [-0.4, -0.2) is 23.0 Å². The molecule has 0 saturated carbocycles. The summed E-state index contributed by atoms with van der Waals surface area (Å²) in [6.45, 7) is 0.716. The maximum atomic E-state index is 5.20. The van der Waals surface area contributed by atoms with Crippen molar-refractivity contribution in [2.45, 2.75) is 0 Å². The Morgan fingerprint density at radius 2 is 2.40 bits per heavy atom. The van der Waals surface area contributed by atoms with Crippen LogP contribution in [0.4, 0.5) is 0 Å². The van der Waals surface area contributed by atoms with Gasteiger partial charge in [-0.3, -0.25) is 0 Å². The van der Waals surface area contributed by atoms with Crippen molar-refractivity contribution >= 4 is 22.1 Å². The monoisotopic (exact) mass is 110 g/mol. The van der Waals surface area contributed by atoms with Gasteiger partial charge in [0.15, 0.2) is 0 Å². The van der Waals surface area contributed by atoms with E-state index in [1.54, 1.807) is 0 Å². The number of alkyl halides is 1. The minimum Gasteiger partial charge on any atom is -0.427 e. The van der Waals surface area contributed by atoms with Crippen LogP contribution in [0.5, 0.6) is 0 Å². The topological polar surface area (TPSA) is 9.23 Å². The van der Waals surface area contributed by atoms with E-state index in [4.69, 9.17) is 16.0 Å². The molecule has 0 aliphatic carbocycles. The van der Waals surface area contributed by atoms with Crippen LogP contribution >= 0.6 is 11.6 Å². The SMILES string of the molecule is [SiH3]OCCCl. The fourth-order valence-electron chi connectivity index (χ4n) is 0.0772. The molecular weight excluding hydrogens is 104 g/mol. The van der Waals surface area contributed by atoms with Crippen LogP contribution in [0.1, 0.15) is 0 Å². The summed E-state index contributed by atoms with van der Waals surface area (Å²) in [4.78, 5) is 0. The molecule has 0 heterocycles. The minimum absolute atomic E-state index is 0.628. The molecule has 1 nitrogen and oxygen atoms in total. The second kappa shape index (κ2) is 4.47. The summed E-state index contributed by atoms with van der Waals surface area (Å²) in [6, 6.07) is 0. The smallest absolute Gasteiger partial charge is 0.146 e. The molecule has 0 bridgehead atoms. The predicted octanol–water partition coefficient (Wildman–Crippen LogP) is -0.478. The highest BCUT2D eigenvalue weighted by Gasteiger charge is 1.67. The van der Waals surface area contributed by atoms with Crippen molar-refractivity contribution in [1.29, 1.82) is 0 Å². The van der Waals surface area contributed by atoms with E-state index < -0.39 is 0 Å². The average molecular weight is 111 g/mol. The Morgan fingerprint density at radius 1 is 1.80 bits per heavy atom. The Bertz CT molecular complexity index is 17.1. The highest BCUT2D eigenvalue weighted by Crippen LogP contribution is 1.69. The third kappa shape index (κ3) is 4.47. The molecule has 0 N–H and O–H groups in total. The molecular formula is C2H7ClOSi. The molecule has 0 radical (unpaired) electrons. The van der Waals surface area contributed by atoms with Crippen LogP contribution < -0.4 is 0 Å². The summed E-state index contributed by atoms with van der Waals surface area (Å²) in [5.41, 5.74) is 0. The van der Waals surface area contributed by atoms with E-state index in [0.29, 0.717) is 12.5 Å². The summed E-state index contributed by atoms with van der Waals surface area (Å²) in [5.74, 6) is 0.628. The molecule has 0 fully saturated rings. The first kappa shape index (κ1) is 5.47. The second-order valence-corrected chi connectivity index (χ2v) is 1.64. The van der Waals surface area contributed by atoms with Crippen LogP contribution in [0, 0.1) is 0 Å². The van der Waals surface area contributed by atoms with Gasteiger partial charge in [0, 0.05) is 12.5 Å². The summed E-state index contributed by atoms with van der Waals surface area (Å²) in [5, 5.41) is 0. The number of hydrogen-bond donors (Lipinski definition) is 0. The zero-order valence-corrected chi connectivity index (χ0v) is 5.96. The first-order valence-corrected chi connectivity index (χ1v) is 2.82. The quantitative estimate of drug-likeness (QED) is 0.345. The highest BCUT2D eigenvalue weighted by molar-refractivity contribution is 6.18. The van der Waals surface area contributed by atoms with E-state index in [1.807, 2.05) is 0 Å². The van der Waals surface area contributed by atoms with E-state index >= 15 is 0 Å². The van der Waals surface area contributed by atoms with Crippen molar-refractivity contribution in [3.8, 4) is 0 Å². The van der Waals surface area contributed by atoms with Gasteiger partial charge < -0.3 is 4.43 Å². The lowest BCUT2D eigenvalue weighted by atomic mass is 10.9. The van der Waals surface area contributed by atoms with Crippen LogP contribution in [-0.2, 0) is 4.43 Å². The molecule has 0 amide bonds. The van der Waals surface area contributed by atoms with E-state index in [-0.39, 0.29) is 0 Å². The molecule has 32 valence electrons. The van der Waals surface area contributed by atoms with E-state index in [1.165, 1.54) is 0 Å². The largest absolute Gasteiger partial charge is 0.427 e. The summed E-state index contributed by atoms with van der Waals surface area (Å²) < 4.78 is 4.70. The van der Waals surface area contributed by atoms with Crippen molar-refractivity contribution in [2.75, 3.05) is 12.5 Å². The predicted molar refractivity (Wildman–Crippen MR) is 26.6 cm³/mol. The molecule has 3 heteroatoms. The lowest BCUT2D eigenvalue weighted by Gasteiger charge is -1.83. The summed E-state index contributed by atoms with van der Waals surface area (Å²) in [7, 11) is 0.814. The molecule has 0 unspecified atom stereocenters. The molecule has 0 atom stereocenters. The third-order valence-electron chi connectivity index (χ3n) is 0.281. The molecule has 0 aromatic rings. The average Bonchev–Trinajstić information content (AvgIpc) is 1.41. The number of hydrogen-bond acceptors (Lipinski definition) is 1. The van der Waals surface area contributed by atoms with Crippen molar-refractivity contribution < 1.29 is 4.43 Å². The van der Waals surface area contributed by atoms with Gasteiger partial charge in [-0.15, -0.1) is 11.6 Å². The van der Waals surface area contributed by atoms with E-state index in [2.05, 4.69) is 0 Å². The maximum absolute atomic E-state index is 5.20. The minimum atomic E-state index is 0.628. The normalized spacial score (nSPS) is 9.00. The molecule has 0 aromatic carbocycles. The van der Waals surface area contributed by atoms with Crippen LogP contribution in [0.3, 0.4) is 0 Å². The van der Waals surface area contributed by atoms with Gasteiger partial charge >= 0.3 is 0 Å². The summed E-state index contributed by atoms with van der Waals surface area (Å²) in [6.07, 6.45) is 0. The van der Waals surface area contributed by atoms with Crippen molar-refractivity contribution in [3.63, 3.8) is 0 Å². The fraction of sp³-hybridized carbons (Fsp3) is 1.00. The van der Waals surface area contributed by atoms with Gasteiger partial charge in [0.25, 0.3) is 0 Å². The Kier molecular flexibility index (Phi) is 4.88. The van der Waals surface area contributed by atoms with Gasteiger partial charge in [-0.2, -0.15) is 0 Å². The molecule has 0 aromatic heterocycles. The molecule has 5 heavy (non-hydrogen) atoms. The lowest BCUT2D eigenvalue weighted by molar-refractivity contribution is 0.378. The van der Waals surface area contributed by atoms with Gasteiger partial charge in [0.05, 0.1) is 0 Å². The molecule has 0 rings (SSSR count). The zero-order valence-electron chi connectivity index (χ0n) is 3.20. The van der Waals surface area contributed by atoms with E-state index in [9.17, 15) is 0 Å². The van der Waals surface area contributed by atoms with Crippen molar-refractivity contribution in [3.05, 3.63) is 0 Å². The summed E-state index contributed by atoms with van der Waals surface area (Å²) >= 11 is 5.20. The molecule has 0 aliphatic rings. The Hall–Kier alpha value is 0.467. The standard InChI is InChI=1S/C2H7ClOSi/c3-1-2-4-5/h1-2H2,5H3. The van der Waals surface area contributed by atoms with Crippen molar-refractivity contribution in [1.82, 2.24) is 0 Å². The molecule has 0 spiro atoms. The zero-order chi connectivity index (χ0) is 4.12. The molecule has 0 saturated heterocycles. The molecule has 0 aliphatic heterocycles. The Labute approximate surface area is 39.8 Å². The van der Waals surface area contributed by atoms with Crippen molar-refractivity contribution in [2.24, 2.45) is 0 Å². The van der Waals surface area contributed by atoms with Crippen LogP contribution in [0.25, 0.3) is 0 Å². The lowest BCUT2D eigenvalue weighted by Crippen LogP contribution is -1.87. The van der Waals surface area contributed by atoms with Gasteiger partial charge in [0.1, 0.15) is 10.5 Å². The van der Waals surface area contributed by atoms with E-state index in [0.717, 1.165) is 10.5 Å². The Balaban J connectivity index is 2.19.